The highest BCUT2D eigenvalue weighted by atomic mass is 35.5. The molecule has 0 saturated carbocycles. The van der Waals surface area contributed by atoms with Gasteiger partial charge in [-0.2, -0.15) is 0 Å². The van der Waals surface area contributed by atoms with Crippen LogP contribution < -0.4 is 10.1 Å². The summed E-state index contributed by atoms with van der Waals surface area (Å²) in [5, 5.41) is 3.12. The van der Waals surface area contributed by atoms with Gasteiger partial charge in [-0.3, -0.25) is 4.79 Å². The van der Waals surface area contributed by atoms with E-state index in [1.54, 1.807) is 55.6 Å². The van der Waals surface area contributed by atoms with Crippen LogP contribution in [0.3, 0.4) is 0 Å². The fourth-order valence-corrected chi connectivity index (χ4v) is 2.60. The lowest BCUT2D eigenvalue weighted by atomic mass is 10.1. The zero-order valence-electron chi connectivity index (χ0n) is 14.4. The van der Waals surface area contributed by atoms with Crippen LogP contribution in [0.25, 0.3) is 0 Å². The van der Waals surface area contributed by atoms with Gasteiger partial charge < -0.3 is 19.8 Å². The van der Waals surface area contributed by atoms with E-state index < -0.39 is 18.0 Å². The van der Waals surface area contributed by atoms with E-state index in [1.165, 1.54) is 12.3 Å². The highest BCUT2D eigenvalue weighted by molar-refractivity contribution is 6.30. The molecule has 27 heavy (non-hydrogen) atoms. The molecule has 6 nitrogen and oxygen atoms in total. The maximum Gasteiger partial charge on any atom is 0.355 e. The first-order valence-electron chi connectivity index (χ1n) is 8.11. The van der Waals surface area contributed by atoms with E-state index in [0.717, 1.165) is 0 Å². The van der Waals surface area contributed by atoms with Gasteiger partial charge >= 0.3 is 5.97 Å². The van der Waals surface area contributed by atoms with Gasteiger partial charge in [0.05, 0.1) is 12.1 Å². The second-order valence-electron chi connectivity index (χ2n) is 5.65. The molecular formula is C20H17ClN2O4. The molecule has 1 heterocycles. The van der Waals surface area contributed by atoms with Crippen molar-refractivity contribution in [1.29, 1.82) is 0 Å². The molecule has 0 aliphatic heterocycles. The molecule has 0 radical (unpaired) electrons. The highest BCUT2D eigenvalue weighted by Gasteiger charge is 2.26. The third kappa shape index (κ3) is 4.68. The number of rotatable bonds is 6. The zero-order valence-corrected chi connectivity index (χ0v) is 15.2. The number of aromatic nitrogens is 1. The molecule has 2 N–H and O–H groups in total. The lowest BCUT2D eigenvalue weighted by Gasteiger charge is -2.18. The number of esters is 1. The summed E-state index contributed by atoms with van der Waals surface area (Å²) in [5.41, 5.74) is 1.27. The number of hydrogen-bond donors (Lipinski definition) is 2. The van der Waals surface area contributed by atoms with Gasteiger partial charge in [-0.1, -0.05) is 41.9 Å². The molecule has 0 bridgehead atoms. The maximum atomic E-state index is 12.8. The van der Waals surface area contributed by atoms with Crippen molar-refractivity contribution in [1.82, 2.24) is 4.98 Å². The summed E-state index contributed by atoms with van der Waals surface area (Å²) >= 11 is 5.82. The highest BCUT2D eigenvalue weighted by Crippen LogP contribution is 2.23. The van der Waals surface area contributed by atoms with Crippen LogP contribution in [0, 0.1) is 0 Å². The Bertz CT molecular complexity index is 923. The van der Waals surface area contributed by atoms with Crippen molar-refractivity contribution >= 4 is 29.2 Å². The van der Waals surface area contributed by atoms with Gasteiger partial charge in [0.2, 0.25) is 6.10 Å². The van der Waals surface area contributed by atoms with E-state index in [4.69, 9.17) is 21.1 Å². The minimum Gasteiger partial charge on any atom is -0.497 e. The molecule has 1 atom stereocenters. The molecule has 138 valence electrons. The van der Waals surface area contributed by atoms with Crippen molar-refractivity contribution in [2.75, 3.05) is 12.4 Å². The predicted octanol–water partition coefficient (Wildman–Crippen LogP) is 4.21. The second-order valence-corrected chi connectivity index (χ2v) is 6.08. The van der Waals surface area contributed by atoms with Crippen molar-refractivity contribution in [3.05, 3.63) is 83.1 Å². The van der Waals surface area contributed by atoms with Crippen molar-refractivity contribution in [2.45, 2.75) is 6.10 Å². The van der Waals surface area contributed by atoms with Crippen LogP contribution in [0.5, 0.6) is 5.75 Å². The Hall–Kier alpha value is -3.25. The topological polar surface area (TPSA) is 80.4 Å². The lowest BCUT2D eigenvalue weighted by molar-refractivity contribution is -0.125. The third-order valence-electron chi connectivity index (χ3n) is 3.79. The summed E-state index contributed by atoms with van der Waals surface area (Å²) in [6, 6.07) is 17.1. The Balaban J connectivity index is 1.80. The first kappa shape index (κ1) is 18.5. The monoisotopic (exact) mass is 384 g/mol. The third-order valence-corrected chi connectivity index (χ3v) is 4.01. The maximum absolute atomic E-state index is 12.8. The quantitative estimate of drug-likeness (QED) is 0.624. The van der Waals surface area contributed by atoms with E-state index in [0.29, 0.717) is 22.0 Å². The number of amides is 1. The smallest absolute Gasteiger partial charge is 0.355 e. The Morgan fingerprint density at radius 1 is 1.07 bits per heavy atom. The number of hydrogen-bond acceptors (Lipinski definition) is 4. The molecule has 0 fully saturated rings. The SMILES string of the molecule is COc1ccc(NC(=O)C(OC(=O)c2cc(Cl)c[nH]2)c2ccccc2)cc1. The average Bonchev–Trinajstić information content (AvgIpc) is 3.13. The Labute approximate surface area is 161 Å². The number of methoxy groups -OCH3 is 1. The molecule has 7 heteroatoms. The number of carbonyl (C=O) groups is 2. The van der Waals surface area contributed by atoms with Crippen molar-refractivity contribution in [3.63, 3.8) is 0 Å². The number of benzene rings is 2. The first-order chi connectivity index (χ1) is 13.1. The summed E-state index contributed by atoms with van der Waals surface area (Å²) in [6.45, 7) is 0. The van der Waals surface area contributed by atoms with E-state index in [2.05, 4.69) is 10.3 Å². The van der Waals surface area contributed by atoms with E-state index >= 15 is 0 Å². The van der Waals surface area contributed by atoms with E-state index in [9.17, 15) is 9.59 Å². The van der Waals surface area contributed by atoms with E-state index in [1.807, 2.05) is 6.07 Å². The van der Waals surface area contributed by atoms with E-state index in [-0.39, 0.29) is 5.69 Å². The molecule has 3 rings (SSSR count). The number of aromatic amines is 1. The van der Waals surface area contributed by atoms with Crippen LogP contribution in [0.1, 0.15) is 22.2 Å². The molecule has 3 aromatic rings. The van der Waals surface area contributed by atoms with Crippen molar-refractivity contribution in [2.24, 2.45) is 0 Å². The zero-order chi connectivity index (χ0) is 19.2. The van der Waals surface area contributed by atoms with Gasteiger partial charge in [0.25, 0.3) is 5.91 Å². The Kier molecular flexibility index (Phi) is 5.78. The second kappa shape index (κ2) is 8.42. The van der Waals surface area contributed by atoms with Crippen LogP contribution in [0.4, 0.5) is 5.69 Å². The van der Waals surface area contributed by atoms with Crippen LogP contribution in [0.2, 0.25) is 5.02 Å². The number of anilines is 1. The first-order valence-corrected chi connectivity index (χ1v) is 8.49. The average molecular weight is 385 g/mol. The number of halogens is 1. The fourth-order valence-electron chi connectivity index (χ4n) is 2.44. The minimum absolute atomic E-state index is 0.165. The molecule has 1 unspecified atom stereocenters. The number of ether oxygens (including phenoxy) is 2. The lowest BCUT2D eigenvalue weighted by Crippen LogP contribution is -2.26. The van der Waals surface area contributed by atoms with Crippen molar-refractivity contribution < 1.29 is 19.1 Å². The van der Waals surface area contributed by atoms with Gasteiger partial charge in [0.1, 0.15) is 11.4 Å². The summed E-state index contributed by atoms with van der Waals surface area (Å²) in [4.78, 5) is 27.9. The van der Waals surface area contributed by atoms with Crippen LogP contribution in [-0.2, 0) is 9.53 Å². The summed E-state index contributed by atoms with van der Waals surface area (Å²) < 4.78 is 10.5. The van der Waals surface area contributed by atoms with Gasteiger partial charge in [0, 0.05) is 17.4 Å². The van der Waals surface area contributed by atoms with Crippen LogP contribution >= 0.6 is 11.6 Å². The molecule has 0 aliphatic rings. The fraction of sp³-hybridized carbons (Fsp3) is 0.100. The molecule has 0 aliphatic carbocycles. The predicted molar refractivity (Wildman–Crippen MR) is 102 cm³/mol. The van der Waals surface area contributed by atoms with Crippen molar-refractivity contribution in [3.8, 4) is 5.75 Å². The summed E-state index contributed by atoms with van der Waals surface area (Å²) in [6.07, 6.45) is 0.343. The van der Waals surface area contributed by atoms with Crippen LogP contribution in [-0.4, -0.2) is 24.0 Å². The molecule has 0 saturated heterocycles. The summed E-state index contributed by atoms with van der Waals surface area (Å²) in [5.74, 6) is -0.485. The standard InChI is InChI=1S/C20H17ClN2O4/c1-26-16-9-7-15(8-10-16)23-19(24)18(13-5-3-2-4-6-13)27-20(25)17-11-14(21)12-22-17/h2-12,18,22H,1H3,(H,23,24). The molecule has 1 aromatic heterocycles. The van der Waals surface area contributed by atoms with Crippen LogP contribution in [0.15, 0.2) is 66.9 Å². The molecule has 0 spiro atoms. The molecule has 1 amide bonds. The van der Waals surface area contributed by atoms with Gasteiger partial charge in [0.15, 0.2) is 0 Å². The summed E-state index contributed by atoms with van der Waals surface area (Å²) in [7, 11) is 1.56. The number of H-pyrrole nitrogens is 1. The Morgan fingerprint density at radius 3 is 2.37 bits per heavy atom. The molecule has 2 aromatic carbocycles. The number of carbonyl (C=O) groups excluding carboxylic acids is 2. The molecular weight excluding hydrogens is 368 g/mol. The van der Waals surface area contributed by atoms with Gasteiger partial charge in [-0.05, 0) is 30.3 Å². The van der Waals surface area contributed by atoms with Gasteiger partial charge in [-0.15, -0.1) is 0 Å². The van der Waals surface area contributed by atoms with Gasteiger partial charge in [-0.25, -0.2) is 4.79 Å². The number of nitrogens with one attached hydrogen (secondary N) is 2. The normalized spacial score (nSPS) is 11.5. The Morgan fingerprint density at radius 2 is 1.78 bits per heavy atom. The minimum atomic E-state index is -1.12. The largest absolute Gasteiger partial charge is 0.497 e.